The van der Waals surface area contributed by atoms with Crippen molar-refractivity contribution in [2.45, 2.75) is 38.0 Å². The number of unbranched alkanes of at least 4 members (excludes halogenated alkanes) is 1. The summed E-state index contributed by atoms with van der Waals surface area (Å²) in [5.41, 5.74) is 1.97. The number of carbonyl (C=O) groups is 1. The van der Waals surface area contributed by atoms with Crippen molar-refractivity contribution in [3.63, 3.8) is 0 Å². The van der Waals surface area contributed by atoms with Crippen LogP contribution in [0.25, 0.3) is 10.9 Å². The van der Waals surface area contributed by atoms with Crippen LogP contribution in [0.15, 0.2) is 64.5 Å². The van der Waals surface area contributed by atoms with Gasteiger partial charge in [0.1, 0.15) is 0 Å². The Kier molecular flexibility index (Phi) is 7.60. The largest absolute Gasteiger partial charge is 0.339 e. The Morgan fingerprint density at radius 1 is 1.00 bits per heavy atom. The second-order valence-corrected chi connectivity index (χ2v) is 9.10. The topological polar surface area (TPSA) is 58.4 Å². The maximum absolute atomic E-state index is 13.0. The molecule has 1 amide bonds. The van der Waals surface area contributed by atoms with Gasteiger partial charge >= 0.3 is 0 Å². The number of rotatable bonds is 8. The molecule has 4 rings (SSSR count). The molecule has 3 aromatic rings. The highest BCUT2D eigenvalue weighted by molar-refractivity contribution is 7.99. The zero-order chi connectivity index (χ0) is 22.3. The highest BCUT2D eigenvalue weighted by Crippen LogP contribution is 2.19. The molecule has 0 aliphatic carbocycles. The molecular formula is C25H30N4O2S. The first-order valence-corrected chi connectivity index (χ1v) is 12.3. The summed E-state index contributed by atoms with van der Waals surface area (Å²) in [7, 11) is 0. The average molecular weight is 451 g/mol. The van der Waals surface area contributed by atoms with E-state index in [1.165, 1.54) is 17.3 Å². The maximum Gasteiger partial charge on any atom is 0.262 e. The number of hydrogen-bond acceptors (Lipinski definition) is 5. The van der Waals surface area contributed by atoms with E-state index in [9.17, 15) is 9.59 Å². The average Bonchev–Trinajstić information content (AvgIpc) is 2.83. The van der Waals surface area contributed by atoms with Crippen molar-refractivity contribution in [2.75, 3.05) is 31.9 Å². The SMILES string of the molecule is CCCCn1c(SCC(=O)N2CCN(Cc3ccccc3)CC2)nc2ccccc2c1=O. The monoisotopic (exact) mass is 450 g/mol. The van der Waals surface area contributed by atoms with Gasteiger partial charge < -0.3 is 4.90 Å². The molecule has 2 aromatic carbocycles. The minimum atomic E-state index is -0.0199. The van der Waals surface area contributed by atoms with Crippen molar-refractivity contribution in [1.82, 2.24) is 19.4 Å². The lowest BCUT2D eigenvalue weighted by molar-refractivity contribution is -0.130. The van der Waals surface area contributed by atoms with E-state index in [4.69, 9.17) is 4.98 Å². The number of thioether (sulfide) groups is 1. The highest BCUT2D eigenvalue weighted by atomic mass is 32.2. The smallest absolute Gasteiger partial charge is 0.262 e. The summed E-state index contributed by atoms with van der Waals surface area (Å²) in [5.74, 6) is 0.411. The normalized spacial score (nSPS) is 14.7. The number of piperazine rings is 1. The zero-order valence-electron chi connectivity index (χ0n) is 18.6. The second-order valence-electron chi connectivity index (χ2n) is 8.15. The molecule has 1 aliphatic rings. The molecule has 32 heavy (non-hydrogen) atoms. The van der Waals surface area contributed by atoms with E-state index in [1.54, 1.807) is 4.57 Å². The Labute approximate surface area is 193 Å². The molecule has 0 saturated carbocycles. The van der Waals surface area contributed by atoms with Crippen molar-refractivity contribution >= 4 is 28.6 Å². The van der Waals surface area contributed by atoms with E-state index in [-0.39, 0.29) is 11.5 Å². The molecule has 1 aromatic heterocycles. The zero-order valence-corrected chi connectivity index (χ0v) is 19.4. The molecule has 1 fully saturated rings. The maximum atomic E-state index is 13.0. The van der Waals surface area contributed by atoms with E-state index >= 15 is 0 Å². The Bertz CT molecular complexity index is 1110. The standard InChI is InChI=1S/C25H30N4O2S/c1-2-3-13-29-24(31)21-11-7-8-12-22(21)26-25(29)32-19-23(30)28-16-14-27(15-17-28)18-20-9-5-4-6-10-20/h4-12H,2-3,13-19H2,1H3. The van der Waals surface area contributed by atoms with Gasteiger partial charge in [-0.15, -0.1) is 0 Å². The lowest BCUT2D eigenvalue weighted by atomic mass is 10.2. The number of aromatic nitrogens is 2. The summed E-state index contributed by atoms with van der Waals surface area (Å²) in [6, 6.07) is 17.9. The van der Waals surface area contributed by atoms with Crippen molar-refractivity contribution in [1.29, 1.82) is 0 Å². The third kappa shape index (κ3) is 5.40. The first-order valence-electron chi connectivity index (χ1n) is 11.3. The van der Waals surface area contributed by atoms with Gasteiger partial charge in [0.05, 0.1) is 16.7 Å². The summed E-state index contributed by atoms with van der Waals surface area (Å²) >= 11 is 1.38. The van der Waals surface area contributed by atoms with E-state index in [0.717, 1.165) is 45.6 Å². The molecule has 7 heteroatoms. The summed E-state index contributed by atoms with van der Waals surface area (Å²) in [5, 5.41) is 1.27. The van der Waals surface area contributed by atoms with E-state index < -0.39 is 0 Å². The van der Waals surface area contributed by atoms with Crippen LogP contribution >= 0.6 is 11.8 Å². The molecule has 0 N–H and O–H groups in total. The van der Waals surface area contributed by atoms with Crippen LogP contribution in [-0.2, 0) is 17.9 Å². The van der Waals surface area contributed by atoms with Crippen molar-refractivity contribution in [3.8, 4) is 0 Å². The van der Waals surface area contributed by atoms with Gasteiger partial charge in [0.25, 0.3) is 5.56 Å². The molecule has 0 atom stereocenters. The number of carbonyl (C=O) groups excluding carboxylic acids is 1. The third-order valence-electron chi connectivity index (χ3n) is 5.86. The van der Waals surface area contributed by atoms with E-state index in [2.05, 4.69) is 36.1 Å². The Morgan fingerprint density at radius 3 is 2.47 bits per heavy atom. The number of amides is 1. The van der Waals surface area contributed by atoms with Gasteiger partial charge in [-0.2, -0.15) is 0 Å². The van der Waals surface area contributed by atoms with Gasteiger partial charge in [0, 0.05) is 39.3 Å². The first kappa shape index (κ1) is 22.6. The number of fused-ring (bicyclic) bond motifs is 1. The quantitative estimate of drug-likeness (QED) is 0.387. The Balaban J connectivity index is 1.38. The molecule has 0 unspecified atom stereocenters. The number of hydrogen-bond donors (Lipinski definition) is 0. The van der Waals surface area contributed by atoms with Crippen molar-refractivity contribution < 1.29 is 4.79 Å². The molecule has 0 bridgehead atoms. The molecular weight excluding hydrogens is 420 g/mol. The van der Waals surface area contributed by atoms with Gasteiger partial charge in [-0.05, 0) is 24.1 Å². The first-order chi connectivity index (χ1) is 15.7. The number of para-hydroxylation sites is 1. The van der Waals surface area contributed by atoms with Crippen LogP contribution in [-0.4, -0.2) is 57.2 Å². The fourth-order valence-corrected chi connectivity index (χ4v) is 4.91. The molecule has 0 radical (unpaired) electrons. The van der Waals surface area contributed by atoms with Gasteiger partial charge in [0.15, 0.2) is 5.16 Å². The fourth-order valence-electron chi connectivity index (χ4n) is 3.99. The third-order valence-corrected chi connectivity index (χ3v) is 6.82. The summed E-state index contributed by atoms with van der Waals surface area (Å²) in [4.78, 5) is 34.9. The van der Waals surface area contributed by atoms with Gasteiger partial charge in [-0.25, -0.2) is 4.98 Å². The van der Waals surface area contributed by atoms with Crippen molar-refractivity contribution in [2.24, 2.45) is 0 Å². The van der Waals surface area contributed by atoms with Gasteiger partial charge in [-0.1, -0.05) is 67.6 Å². The molecule has 1 aliphatic heterocycles. The van der Waals surface area contributed by atoms with Crippen LogP contribution < -0.4 is 5.56 Å². The van der Waals surface area contributed by atoms with Gasteiger partial charge in [-0.3, -0.25) is 19.1 Å². The highest BCUT2D eigenvalue weighted by Gasteiger charge is 2.22. The minimum absolute atomic E-state index is 0.0199. The molecule has 0 spiro atoms. The van der Waals surface area contributed by atoms with Crippen LogP contribution in [0.1, 0.15) is 25.3 Å². The van der Waals surface area contributed by atoms with Gasteiger partial charge in [0.2, 0.25) is 5.91 Å². The molecule has 6 nitrogen and oxygen atoms in total. The number of nitrogens with zero attached hydrogens (tertiary/aromatic N) is 4. The van der Waals surface area contributed by atoms with Crippen LogP contribution in [0.4, 0.5) is 0 Å². The summed E-state index contributed by atoms with van der Waals surface area (Å²) in [6.07, 6.45) is 1.90. The van der Waals surface area contributed by atoms with Crippen LogP contribution in [0.5, 0.6) is 0 Å². The lowest BCUT2D eigenvalue weighted by Crippen LogP contribution is -2.48. The van der Waals surface area contributed by atoms with Crippen LogP contribution in [0, 0.1) is 0 Å². The van der Waals surface area contributed by atoms with Crippen LogP contribution in [0.2, 0.25) is 0 Å². The number of benzene rings is 2. The summed E-state index contributed by atoms with van der Waals surface area (Å²) in [6.45, 7) is 6.87. The summed E-state index contributed by atoms with van der Waals surface area (Å²) < 4.78 is 1.74. The minimum Gasteiger partial charge on any atom is -0.339 e. The fraction of sp³-hybridized carbons (Fsp3) is 0.400. The second kappa shape index (κ2) is 10.8. The molecule has 2 heterocycles. The Hall–Kier alpha value is -2.64. The molecule has 168 valence electrons. The predicted octanol–water partition coefficient (Wildman–Crippen LogP) is 3.63. The predicted molar refractivity (Wildman–Crippen MR) is 130 cm³/mol. The lowest BCUT2D eigenvalue weighted by Gasteiger charge is -2.34. The van der Waals surface area contributed by atoms with E-state index in [0.29, 0.717) is 28.4 Å². The Morgan fingerprint density at radius 2 is 1.72 bits per heavy atom. The van der Waals surface area contributed by atoms with Crippen molar-refractivity contribution in [3.05, 3.63) is 70.5 Å². The van der Waals surface area contributed by atoms with E-state index in [1.807, 2.05) is 35.2 Å². The molecule has 1 saturated heterocycles. The van der Waals surface area contributed by atoms with Crippen LogP contribution in [0.3, 0.4) is 0 Å².